The monoisotopic (exact) mass is 566 g/mol. The van der Waals surface area contributed by atoms with Crippen LogP contribution in [0.25, 0.3) is 0 Å². The zero-order valence-electron chi connectivity index (χ0n) is 27.6. The third-order valence-electron chi connectivity index (χ3n) is 7.55. The van der Waals surface area contributed by atoms with E-state index in [1.54, 1.807) is 21.3 Å². The number of halogens is 1. The fourth-order valence-electron chi connectivity index (χ4n) is 5.37. The highest BCUT2D eigenvalue weighted by Crippen LogP contribution is 2.63. The van der Waals surface area contributed by atoms with E-state index in [0.717, 1.165) is 32.8 Å². The smallest absolute Gasteiger partial charge is 0.132 e. The third kappa shape index (κ3) is 13.7. The van der Waals surface area contributed by atoms with Crippen molar-refractivity contribution in [1.82, 2.24) is 9.80 Å². The van der Waals surface area contributed by atoms with Gasteiger partial charge in [0, 0.05) is 77.3 Å². The number of nitrogens with zero attached hydrogens (tertiary/aromatic N) is 2. The molecular weight excluding hydrogens is 498 g/mol. The zero-order valence-corrected chi connectivity index (χ0v) is 28.8. The second-order valence-electron chi connectivity index (χ2n) is 10.5. The Kier molecular flexibility index (Phi) is 23.2. The van der Waals surface area contributed by atoms with Gasteiger partial charge in [0.1, 0.15) is 5.41 Å². The molecule has 3 saturated carbocycles. The van der Waals surface area contributed by atoms with Crippen LogP contribution in [-0.4, -0.2) is 96.1 Å². The Hall–Kier alpha value is 0.160. The maximum Gasteiger partial charge on any atom is 0.132 e. The van der Waals surface area contributed by atoms with Crippen molar-refractivity contribution >= 4 is 9.24 Å². The molecule has 3 aliphatic carbocycles. The second-order valence-corrected chi connectivity index (χ2v) is 11.4. The van der Waals surface area contributed by atoms with Crippen LogP contribution in [0.5, 0.6) is 0 Å². The van der Waals surface area contributed by atoms with Gasteiger partial charge in [0.05, 0.1) is 13.2 Å². The molecular formula is C31H68FN2O3P. The van der Waals surface area contributed by atoms with Gasteiger partial charge in [0.25, 0.3) is 0 Å². The Morgan fingerprint density at radius 2 is 0.974 bits per heavy atom. The molecule has 5 nitrogen and oxygen atoms in total. The molecule has 3 atom stereocenters. The van der Waals surface area contributed by atoms with Gasteiger partial charge in [-0.3, -0.25) is 0 Å². The largest absolute Gasteiger partial charge is 0.388 e. The van der Waals surface area contributed by atoms with Gasteiger partial charge in [-0.2, -0.15) is 0 Å². The van der Waals surface area contributed by atoms with Gasteiger partial charge in [-0.15, -0.1) is 0 Å². The first-order valence-corrected chi connectivity index (χ1v) is 16.2. The van der Waals surface area contributed by atoms with Crippen LogP contribution in [0.15, 0.2) is 0 Å². The average Bonchev–Trinajstić information content (AvgIpc) is 3.84. The van der Waals surface area contributed by atoms with Crippen LogP contribution < -0.4 is 0 Å². The molecule has 0 N–H and O–H groups in total. The highest BCUT2D eigenvalue weighted by Gasteiger charge is 2.67. The van der Waals surface area contributed by atoms with Gasteiger partial charge in [-0.25, -0.2) is 4.39 Å². The van der Waals surface area contributed by atoms with E-state index >= 15 is 0 Å². The van der Waals surface area contributed by atoms with Gasteiger partial charge < -0.3 is 24.0 Å². The molecule has 232 valence electrons. The summed E-state index contributed by atoms with van der Waals surface area (Å²) in [6.07, 6.45) is 8.16. The molecule has 0 bridgehead atoms. The van der Waals surface area contributed by atoms with Gasteiger partial charge >= 0.3 is 0 Å². The molecule has 38 heavy (non-hydrogen) atoms. The van der Waals surface area contributed by atoms with Crippen LogP contribution in [0, 0.1) is 22.7 Å². The average molecular weight is 567 g/mol. The summed E-state index contributed by atoms with van der Waals surface area (Å²) >= 11 is 0. The summed E-state index contributed by atoms with van der Waals surface area (Å²) in [7, 11) is 9.24. The summed E-state index contributed by atoms with van der Waals surface area (Å²) < 4.78 is 28.3. The predicted octanol–water partition coefficient (Wildman–Crippen LogP) is 7.39. The van der Waals surface area contributed by atoms with Crippen molar-refractivity contribution in [2.75, 3.05) is 80.9 Å². The summed E-state index contributed by atoms with van der Waals surface area (Å²) in [5.41, 5.74) is 0.991. The standard InChI is InChI=1S/C11H19FNOP.C10H19NO.C2H6O.4C2H6/c1-14-7-10(2-3-10)6-13-4-8-9(5-13)11(8,12)15;1-12-9-10(4-5-10)8-11-6-2-3-7-11;1-3-2;4*1-2/h8-9H,2-7,15H2,1H3;2-9H2,1H3;1-2H3;4*1-2H3. The van der Waals surface area contributed by atoms with Crippen LogP contribution in [0.2, 0.25) is 0 Å². The number of ether oxygens (including phenoxy) is 3. The molecule has 7 heteroatoms. The topological polar surface area (TPSA) is 34.2 Å². The minimum atomic E-state index is -0.922. The van der Waals surface area contributed by atoms with Gasteiger partial charge in [0.15, 0.2) is 0 Å². The molecule has 0 spiro atoms. The van der Waals surface area contributed by atoms with E-state index in [-0.39, 0.29) is 0 Å². The number of likely N-dealkylation sites (tertiary alicyclic amines) is 2. The number of rotatable bonds is 8. The van der Waals surface area contributed by atoms with Crippen LogP contribution in [-0.2, 0) is 14.2 Å². The lowest BCUT2D eigenvalue weighted by atomic mass is 10.1. The van der Waals surface area contributed by atoms with E-state index in [4.69, 9.17) is 9.47 Å². The van der Waals surface area contributed by atoms with Gasteiger partial charge in [-0.1, -0.05) is 64.6 Å². The fraction of sp³-hybridized carbons (Fsp3) is 1.00. The number of piperidine rings is 1. The van der Waals surface area contributed by atoms with E-state index in [1.165, 1.54) is 58.2 Å². The highest BCUT2D eigenvalue weighted by atomic mass is 31.0. The van der Waals surface area contributed by atoms with E-state index in [1.807, 2.05) is 62.5 Å². The molecule has 0 aromatic carbocycles. The van der Waals surface area contributed by atoms with E-state index < -0.39 is 5.41 Å². The molecule has 0 amide bonds. The number of alkyl halides is 1. The molecule has 2 heterocycles. The molecule has 0 aromatic rings. The molecule has 5 fully saturated rings. The first-order valence-electron chi connectivity index (χ1n) is 15.6. The Labute approximate surface area is 240 Å². The molecule has 3 unspecified atom stereocenters. The first kappa shape index (κ1) is 40.3. The van der Waals surface area contributed by atoms with Crippen LogP contribution in [0.3, 0.4) is 0 Å². The predicted molar refractivity (Wildman–Crippen MR) is 168 cm³/mol. The van der Waals surface area contributed by atoms with Crippen molar-refractivity contribution in [2.45, 2.75) is 99.3 Å². The lowest BCUT2D eigenvalue weighted by Gasteiger charge is -2.25. The summed E-state index contributed by atoms with van der Waals surface area (Å²) in [4.78, 5) is 5.04. The zero-order chi connectivity index (χ0) is 29.8. The molecule has 0 radical (unpaired) electrons. The van der Waals surface area contributed by atoms with Gasteiger partial charge in [0.2, 0.25) is 0 Å². The Bertz CT molecular complexity index is 525. The Morgan fingerprint density at radius 3 is 1.26 bits per heavy atom. The van der Waals surface area contributed by atoms with Crippen molar-refractivity contribution in [2.24, 2.45) is 22.7 Å². The van der Waals surface area contributed by atoms with Crippen LogP contribution in [0.4, 0.5) is 4.39 Å². The van der Waals surface area contributed by atoms with Crippen LogP contribution in [0.1, 0.15) is 93.9 Å². The fourth-order valence-corrected chi connectivity index (χ4v) is 5.95. The quantitative estimate of drug-likeness (QED) is 0.286. The SMILES string of the molecule is CC.CC.CC.CC.COC.COCC1(CN2CC3C(C2)C3(F)P)CC1.COCC1(CN2CCCC2)CC1. The van der Waals surface area contributed by atoms with E-state index in [2.05, 4.69) is 23.8 Å². The van der Waals surface area contributed by atoms with Crippen molar-refractivity contribution < 1.29 is 18.6 Å². The summed E-state index contributed by atoms with van der Waals surface area (Å²) in [6, 6.07) is 0. The minimum absolute atomic E-state index is 0.292. The lowest BCUT2D eigenvalue weighted by molar-refractivity contribution is 0.107. The maximum atomic E-state index is 13.6. The molecule has 5 aliphatic rings. The lowest BCUT2D eigenvalue weighted by Crippen LogP contribution is -2.34. The van der Waals surface area contributed by atoms with Crippen LogP contribution >= 0.6 is 9.24 Å². The number of methoxy groups -OCH3 is 3. The van der Waals surface area contributed by atoms with Crippen molar-refractivity contribution in [3.8, 4) is 0 Å². The van der Waals surface area contributed by atoms with E-state index in [0.29, 0.717) is 22.7 Å². The number of hydrogen-bond acceptors (Lipinski definition) is 5. The summed E-state index contributed by atoms with van der Waals surface area (Å²) in [5.74, 6) is 0.585. The molecule has 2 saturated heterocycles. The third-order valence-corrected chi connectivity index (χ3v) is 8.41. The number of fused-ring (bicyclic) bond motifs is 1. The van der Waals surface area contributed by atoms with Crippen molar-refractivity contribution in [3.05, 3.63) is 0 Å². The van der Waals surface area contributed by atoms with Gasteiger partial charge in [-0.05, 0) is 51.6 Å². The Balaban J connectivity index is 0. The molecule has 2 aliphatic heterocycles. The molecule has 5 rings (SSSR count). The minimum Gasteiger partial charge on any atom is -0.388 e. The normalized spacial score (nSPS) is 28.3. The second kappa shape index (κ2) is 21.8. The first-order chi connectivity index (χ1) is 18.3. The number of hydrogen-bond donors (Lipinski definition) is 0. The summed E-state index contributed by atoms with van der Waals surface area (Å²) in [5, 5.41) is -0.922. The highest BCUT2D eigenvalue weighted by molar-refractivity contribution is 7.19. The Morgan fingerprint density at radius 1 is 0.658 bits per heavy atom. The van der Waals surface area contributed by atoms with Crippen molar-refractivity contribution in [1.29, 1.82) is 0 Å². The maximum absolute atomic E-state index is 13.6. The summed E-state index contributed by atoms with van der Waals surface area (Å²) in [6.45, 7) is 24.8. The van der Waals surface area contributed by atoms with Crippen molar-refractivity contribution in [3.63, 3.8) is 0 Å². The molecule has 0 aromatic heterocycles. The van der Waals surface area contributed by atoms with E-state index in [9.17, 15) is 4.39 Å².